The van der Waals surface area contributed by atoms with Crippen LogP contribution >= 0.6 is 11.3 Å². The fourth-order valence-corrected chi connectivity index (χ4v) is 12.3. The van der Waals surface area contributed by atoms with Crippen molar-refractivity contribution in [3.63, 3.8) is 0 Å². The van der Waals surface area contributed by atoms with Crippen LogP contribution in [0.15, 0.2) is 231 Å². The third-order valence-electron chi connectivity index (χ3n) is 14.0. The van der Waals surface area contributed by atoms with Gasteiger partial charge in [-0.25, -0.2) is 0 Å². The Morgan fingerprint density at radius 1 is 0.231 bits per heavy atom. The van der Waals surface area contributed by atoms with Crippen LogP contribution in [0, 0.1) is 0 Å². The molecular weight excluding hydrogens is 801 g/mol. The fraction of sp³-hybridized carbons (Fsp3) is 0. The van der Waals surface area contributed by atoms with E-state index in [4.69, 9.17) is 0 Å². The van der Waals surface area contributed by atoms with Crippen molar-refractivity contribution in [3.05, 3.63) is 231 Å². The van der Waals surface area contributed by atoms with E-state index >= 15 is 0 Å². The van der Waals surface area contributed by atoms with Gasteiger partial charge in [-0.15, -0.1) is 11.3 Å². The summed E-state index contributed by atoms with van der Waals surface area (Å²) in [5.41, 5.74) is 9.96. The first-order chi connectivity index (χ1) is 32.2. The lowest BCUT2D eigenvalue weighted by Gasteiger charge is -2.18. The maximum Gasteiger partial charge on any atom is 0.0440 e. The van der Waals surface area contributed by atoms with E-state index in [1.54, 1.807) is 0 Å². The van der Waals surface area contributed by atoms with E-state index in [2.05, 4.69) is 231 Å². The molecule has 0 bridgehead atoms. The summed E-state index contributed by atoms with van der Waals surface area (Å²) in [7, 11) is 0. The molecule has 1 heteroatoms. The molecule has 13 aromatic carbocycles. The Hall–Kier alpha value is -8.10. The normalized spacial score (nSPS) is 12.0. The Balaban J connectivity index is 0.910. The molecule has 0 aliphatic rings. The van der Waals surface area contributed by atoms with Gasteiger partial charge < -0.3 is 0 Å². The lowest BCUT2D eigenvalue weighted by Crippen LogP contribution is -1.91. The average Bonchev–Trinajstić information content (AvgIpc) is 3.76. The molecular formula is C64H38S. The Morgan fingerprint density at radius 2 is 0.692 bits per heavy atom. The molecule has 300 valence electrons. The summed E-state index contributed by atoms with van der Waals surface area (Å²) >= 11 is 1.93. The molecule has 14 aromatic rings. The Kier molecular flexibility index (Phi) is 7.95. The maximum atomic E-state index is 2.46. The first-order valence-corrected chi connectivity index (χ1v) is 23.3. The standard InChI is InChI=1S/C64H38S/c1-2-13-40(14-3-1)45-23-12-24-49-50(45)33-31-41-27-30-43(37-58(41)49)39-25-28-42(29-26-39)61-52-19-8-10-21-54(52)62(55-22-11-9-20-53(55)61)44-32-36-60-59(38-44)57-35-34-56-48-17-5-4-15-46(48)47-16-6-7-18-51(47)63(56)64(57)65-60/h1-38H. The number of hydrogen-bond donors (Lipinski definition) is 0. The molecule has 0 amide bonds. The molecule has 0 aliphatic heterocycles. The van der Waals surface area contributed by atoms with Crippen molar-refractivity contribution < 1.29 is 0 Å². The van der Waals surface area contributed by atoms with Crippen LogP contribution in [0.3, 0.4) is 0 Å². The van der Waals surface area contributed by atoms with Gasteiger partial charge >= 0.3 is 0 Å². The van der Waals surface area contributed by atoms with Gasteiger partial charge in [0.1, 0.15) is 0 Å². The van der Waals surface area contributed by atoms with Crippen LogP contribution in [0.5, 0.6) is 0 Å². The van der Waals surface area contributed by atoms with E-state index in [1.165, 1.54) is 140 Å². The highest BCUT2D eigenvalue weighted by Crippen LogP contribution is 2.48. The third kappa shape index (κ3) is 5.50. The van der Waals surface area contributed by atoms with Crippen molar-refractivity contribution in [2.75, 3.05) is 0 Å². The molecule has 1 aromatic heterocycles. The van der Waals surface area contributed by atoms with Crippen molar-refractivity contribution >= 4 is 107 Å². The van der Waals surface area contributed by atoms with Crippen molar-refractivity contribution in [1.82, 2.24) is 0 Å². The number of rotatable bonds is 4. The zero-order chi connectivity index (χ0) is 42.6. The highest BCUT2D eigenvalue weighted by molar-refractivity contribution is 7.26. The second-order valence-corrected chi connectivity index (χ2v) is 18.5. The number of fused-ring (bicyclic) bond motifs is 15. The molecule has 0 radical (unpaired) electrons. The average molecular weight is 839 g/mol. The molecule has 0 nitrogen and oxygen atoms in total. The van der Waals surface area contributed by atoms with E-state index in [0.717, 1.165) is 0 Å². The molecule has 0 saturated heterocycles. The molecule has 0 saturated carbocycles. The molecule has 0 N–H and O–H groups in total. The van der Waals surface area contributed by atoms with Gasteiger partial charge in [-0.1, -0.05) is 212 Å². The Labute approximate surface area is 379 Å². The second-order valence-electron chi connectivity index (χ2n) is 17.5. The van der Waals surface area contributed by atoms with Gasteiger partial charge in [0.2, 0.25) is 0 Å². The molecule has 0 spiro atoms. The highest BCUT2D eigenvalue weighted by Gasteiger charge is 2.20. The third-order valence-corrected chi connectivity index (χ3v) is 15.2. The second kappa shape index (κ2) is 14.2. The van der Waals surface area contributed by atoms with E-state index in [9.17, 15) is 0 Å². The molecule has 14 rings (SSSR count). The minimum absolute atomic E-state index is 1.21. The first-order valence-electron chi connectivity index (χ1n) is 22.5. The monoisotopic (exact) mass is 838 g/mol. The number of thiophene rings is 1. The van der Waals surface area contributed by atoms with Gasteiger partial charge in [-0.2, -0.15) is 0 Å². The van der Waals surface area contributed by atoms with Crippen molar-refractivity contribution in [2.24, 2.45) is 0 Å². The van der Waals surface area contributed by atoms with Crippen LogP contribution < -0.4 is 0 Å². The van der Waals surface area contributed by atoms with Gasteiger partial charge in [0, 0.05) is 25.6 Å². The molecule has 65 heavy (non-hydrogen) atoms. The van der Waals surface area contributed by atoms with Crippen LogP contribution in [-0.2, 0) is 0 Å². The van der Waals surface area contributed by atoms with Gasteiger partial charge in [0.15, 0.2) is 0 Å². The topological polar surface area (TPSA) is 0 Å². The minimum atomic E-state index is 1.21. The van der Waals surface area contributed by atoms with E-state index < -0.39 is 0 Å². The number of benzene rings is 13. The predicted molar refractivity (Wildman–Crippen MR) is 284 cm³/mol. The lowest BCUT2D eigenvalue weighted by atomic mass is 9.85. The fourth-order valence-electron chi connectivity index (χ4n) is 11.1. The van der Waals surface area contributed by atoms with Gasteiger partial charge in [-0.3, -0.25) is 0 Å². The summed E-state index contributed by atoms with van der Waals surface area (Å²) in [6.45, 7) is 0. The predicted octanol–water partition coefficient (Wildman–Crippen LogP) is 18.8. The van der Waals surface area contributed by atoms with Crippen LogP contribution in [0.2, 0.25) is 0 Å². The van der Waals surface area contributed by atoms with Gasteiger partial charge in [0.25, 0.3) is 0 Å². The Bertz CT molecular complexity index is 4180. The van der Waals surface area contributed by atoms with E-state index in [0.29, 0.717) is 0 Å². The molecule has 0 unspecified atom stereocenters. The summed E-state index contributed by atoms with van der Waals surface area (Å²) in [5.74, 6) is 0. The molecule has 1 heterocycles. The lowest BCUT2D eigenvalue weighted by molar-refractivity contribution is 1.63. The summed E-state index contributed by atoms with van der Waals surface area (Å²) in [6, 6.07) is 85.9. The van der Waals surface area contributed by atoms with Gasteiger partial charge in [0.05, 0.1) is 0 Å². The summed E-state index contributed by atoms with van der Waals surface area (Å²) in [4.78, 5) is 0. The first kappa shape index (κ1) is 36.4. The SMILES string of the molecule is c1ccc(-c2cccc3c2ccc2ccc(-c4ccc(-c5c6ccccc6c(-c6ccc7sc8c(ccc9c%10ccccc%10c%10ccccc%10c98)c7c6)c6ccccc56)cc4)cc23)cc1. The summed E-state index contributed by atoms with van der Waals surface area (Å²) in [5, 5.41) is 20.7. The van der Waals surface area contributed by atoms with Crippen LogP contribution in [0.1, 0.15) is 0 Å². The zero-order valence-corrected chi connectivity index (χ0v) is 36.2. The maximum absolute atomic E-state index is 2.46. The van der Waals surface area contributed by atoms with Crippen LogP contribution in [0.4, 0.5) is 0 Å². The van der Waals surface area contributed by atoms with Crippen molar-refractivity contribution in [1.29, 1.82) is 0 Å². The van der Waals surface area contributed by atoms with E-state index in [1.807, 2.05) is 11.3 Å². The van der Waals surface area contributed by atoms with Crippen molar-refractivity contribution in [3.8, 4) is 44.5 Å². The highest BCUT2D eigenvalue weighted by atomic mass is 32.1. The van der Waals surface area contributed by atoms with Gasteiger partial charge in [-0.05, 0) is 133 Å². The van der Waals surface area contributed by atoms with Crippen LogP contribution in [0.25, 0.3) is 140 Å². The quantitative estimate of drug-likeness (QED) is 0.122. The minimum Gasteiger partial charge on any atom is -0.135 e. The molecule has 0 aliphatic carbocycles. The Morgan fingerprint density at radius 3 is 1.38 bits per heavy atom. The van der Waals surface area contributed by atoms with E-state index in [-0.39, 0.29) is 0 Å². The number of hydrogen-bond acceptors (Lipinski definition) is 1. The smallest absolute Gasteiger partial charge is 0.0440 e. The zero-order valence-electron chi connectivity index (χ0n) is 35.3. The largest absolute Gasteiger partial charge is 0.135 e. The molecule has 0 atom stereocenters. The van der Waals surface area contributed by atoms with Crippen LogP contribution in [-0.4, -0.2) is 0 Å². The summed E-state index contributed by atoms with van der Waals surface area (Å²) in [6.07, 6.45) is 0. The molecule has 0 fully saturated rings. The summed E-state index contributed by atoms with van der Waals surface area (Å²) < 4.78 is 2.68. The van der Waals surface area contributed by atoms with Crippen molar-refractivity contribution in [2.45, 2.75) is 0 Å².